The third-order valence-corrected chi connectivity index (χ3v) is 7.35. The van der Waals surface area contributed by atoms with Crippen molar-refractivity contribution >= 4 is 27.9 Å². The summed E-state index contributed by atoms with van der Waals surface area (Å²) >= 11 is 3.49. The van der Waals surface area contributed by atoms with E-state index in [1.807, 2.05) is 31.2 Å². The number of likely N-dealkylation sites (tertiary alicyclic amines) is 1. The van der Waals surface area contributed by atoms with E-state index in [0.29, 0.717) is 5.56 Å². The summed E-state index contributed by atoms with van der Waals surface area (Å²) in [5.41, 5.74) is -0.0640. The summed E-state index contributed by atoms with van der Waals surface area (Å²) in [6.07, 6.45) is 2.40. The van der Waals surface area contributed by atoms with Crippen LogP contribution in [0.25, 0.3) is 0 Å². The number of hydrogen-bond acceptors (Lipinski definition) is 3. The van der Waals surface area contributed by atoms with Crippen LogP contribution in [0.1, 0.15) is 64.0 Å². The molecule has 3 atom stereocenters. The van der Waals surface area contributed by atoms with E-state index in [4.69, 9.17) is 4.74 Å². The highest BCUT2D eigenvalue weighted by molar-refractivity contribution is 9.10. The van der Waals surface area contributed by atoms with Gasteiger partial charge in [0.05, 0.1) is 11.5 Å². The highest BCUT2D eigenvalue weighted by atomic mass is 79.9. The molecule has 4 rings (SSSR count). The number of halogens is 2. The van der Waals surface area contributed by atoms with Gasteiger partial charge >= 0.3 is 6.09 Å². The molecule has 6 heteroatoms. The zero-order chi connectivity index (χ0) is 23.3. The van der Waals surface area contributed by atoms with Crippen LogP contribution < -0.4 is 0 Å². The minimum atomic E-state index is -1.03. The van der Waals surface area contributed by atoms with Crippen molar-refractivity contribution in [1.29, 1.82) is 0 Å². The van der Waals surface area contributed by atoms with E-state index in [9.17, 15) is 14.0 Å². The normalized spacial score (nSPS) is 26.2. The summed E-state index contributed by atoms with van der Waals surface area (Å²) in [6.45, 7) is 7.28. The van der Waals surface area contributed by atoms with Crippen LogP contribution in [0, 0.1) is 11.7 Å². The predicted molar refractivity (Wildman–Crippen MR) is 125 cm³/mol. The van der Waals surface area contributed by atoms with Gasteiger partial charge in [-0.05, 0) is 81.8 Å². The van der Waals surface area contributed by atoms with Crippen LogP contribution in [-0.2, 0) is 14.9 Å². The lowest BCUT2D eigenvalue weighted by Gasteiger charge is -2.40. The van der Waals surface area contributed by atoms with E-state index in [2.05, 4.69) is 15.9 Å². The number of nitrogens with zero attached hydrogens (tertiary/aromatic N) is 1. The van der Waals surface area contributed by atoms with Crippen molar-refractivity contribution in [2.75, 3.05) is 0 Å². The van der Waals surface area contributed by atoms with Crippen LogP contribution in [0.15, 0.2) is 53.0 Å². The Kier molecular flexibility index (Phi) is 5.95. The number of amides is 2. The second kappa shape index (κ2) is 8.29. The van der Waals surface area contributed by atoms with Gasteiger partial charge in [-0.25, -0.2) is 14.1 Å². The van der Waals surface area contributed by atoms with Crippen LogP contribution in [0.3, 0.4) is 0 Å². The molecule has 2 aromatic carbocycles. The first-order valence-electron chi connectivity index (χ1n) is 11.1. The molecule has 0 aromatic heterocycles. The highest BCUT2D eigenvalue weighted by Gasteiger charge is 2.62. The molecule has 2 aromatic rings. The average molecular weight is 502 g/mol. The molecule has 2 amide bonds. The minimum absolute atomic E-state index is 0.211. The number of carbonyl (C=O) groups is 2. The van der Waals surface area contributed by atoms with Gasteiger partial charge in [-0.2, -0.15) is 0 Å². The number of imide groups is 1. The average Bonchev–Trinajstić information content (AvgIpc) is 2.89. The van der Waals surface area contributed by atoms with Gasteiger partial charge in [-0.3, -0.25) is 4.79 Å². The van der Waals surface area contributed by atoms with Crippen molar-refractivity contribution in [3.63, 3.8) is 0 Å². The summed E-state index contributed by atoms with van der Waals surface area (Å²) in [6, 6.07) is 13.7. The topological polar surface area (TPSA) is 46.6 Å². The number of ether oxygens (including phenoxy) is 1. The van der Waals surface area contributed by atoms with Gasteiger partial charge in [-0.1, -0.05) is 46.6 Å². The lowest BCUT2D eigenvalue weighted by Crippen LogP contribution is -2.48. The number of carbonyl (C=O) groups excluding carboxylic acids is 2. The fraction of sp³-hybridized carbons (Fsp3) is 0.462. The van der Waals surface area contributed by atoms with Gasteiger partial charge < -0.3 is 4.74 Å². The molecule has 0 N–H and O–H groups in total. The zero-order valence-electron chi connectivity index (χ0n) is 18.9. The van der Waals surface area contributed by atoms with E-state index in [1.54, 1.807) is 32.9 Å². The second-order valence-electron chi connectivity index (χ2n) is 10.1. The van der Waals surface area contributed by atoms with Crippen molar-refractivity contribution in [2.24, 2.45) is 5.92 Å². The molecule has 1 saturated heterocycles. The van der Waals surface area contributed by atoms with Gasteiger partial charge in [0.15, 0.2) is 0 Å². The van der Waals surface area contributed by atoms with E-state index in [-0.39, 0.29) is 29.6 Å². The molecular formula is C26H29BrFNO3. The Hall–Kier alpha value is -2.21. The summed E-state index contributed by atoms with van der Waals surface area (Å²) < 4.78 is 20.4. The molecule has 1 aliphatic heterocycles. The molecule has 0 bridgehead atoms. The van der Waals surface area contributed by atoms with Crippen LogP contribution >= 0.6 is 15.9 Å². The third-order valence-electron chi connectivity index (χ3n) is 6.82. The number of hydrogen-bond donors (Lipinski definition) is 0. The molecule has 1 unspecified atom stereocenters. The van der Waals surface area contributed by atoms with E-state index in [0.717, 1.165) is 29.3 Å². The van der Waals surface area contributed by atoms with Gasteiger partial charge in [0.25, 0.3) is 0 Å². The van der Waals surface area contributed by atoms with E-state index >= 15 is 0 Å². The van der Waals surface area contributed by atoms with Crippen LogP contribution in [0.2, 0.25) is 0 Å². The molecule has 4 nitrogen and oxygen atoms in total. The Labute approximate surface area is 197 Å². The number of rotatable bonds is 3. The Balaban J connectivity index is 1.89. The van der Waals surface area contributed by atoms with E-state index < -0.39 is 17.1 Å². The smallest absolute Gasteiger partial charge is 0.417 e. The summed E-state index contributed by atoms with van der Waals surface area (Å²) in [4.78, 5) is 28.8. The molecule has 1 heterocycles. The van der Waals surface area contributed by atoms with Gasteiger partial charge in [0, 0.05) is 10.4 Å². The Morgan fingerprint density at radius 3 is 2.19 bits per heavy atom. The fourth-order valence-corrected chi connectivity index (χ4v) is 5.35. The van der Waals surface area contributed by atoms with Crippen molar-refractivity contribution in [3.8, 4) is 0 Å². The first kappa shape index (κ1) is 23.0. The molecule has 0 radical (unpaired) electrons. The van der Waals surface area contributed by atoms with Crippen molar-refractivity contribution in [1.82, 2.24) is 4.90 Å². The maximum atomic E-state index is 14.1. The highest BCUT2D eigenvalue weighted by Crippen LogP contribution is 2.55. The SMILES string of the molecule is CC(C)(C)OC(=O)N1C(=O)[C@](C)(c2ccc(F)cc2)[C@H](c2ccc(Br)cc2)C1C1CCC1. The molecule has 1 saturated carbocycles. The Morgan fingerprint density at radius 2 is 1.69 bits per heavy atom. The maximum Gasteiger partial charge on any atom is 0.417 e. The Bertz CT molecular complexity index is 1010. The molecule has 2 fully saturated rings. The van der Waals surface area contributed by atoms with Crippen molar-refractivity contribution in [3.05, 3.63) is 69.9 Å². The molecular weight excluding hydrogens is 473 g/mol. The quantitative estimate of drug-likeness (QED) is 0.477. The summed E-state index contributed by atoms with van der Waals surface area (Å²) in [5, 5.41) is 0. The molecule has 170 valence electrons. The van der Waals surface area contributed by atoms with Gasteiger partial charge in [0.1, 0.15) is 11.4 Å². The summed E-state index contributed by atoms with van der Waals surface area (Å²) in [7, 11) is 0. The third kappa shape index (κ3) is 3.98. The standard InChI is InChI=1S/C26H29BrFNO3/c1-25(2,3)32-24(31)29-22(17-6-5-7-17)21(16-8-12-19(27)13-9-16)26(4,23(29)30)18-10-14-20(28)15-11-18/h8-15,17,21-22H,5-7H2,1-4H3/t21-,22?,26-/m1/s1. The monoisotopic (exact) mass is 501 g/mol. The molecule has 0 spiro atoms. The van der Waals surface area contributed by atoms with Crippen LogP contribution in [0.4, 0.5) is 9.18 Å². The van der Waals surface area contributed by atoms with Crippen molar-refractivity contribution < 1.29 is 18.7 Å². The largest absolute Gasteiger partial charge is 0.443 e. The lowest BCUT2D eigenvalue weighted by atomic mass is 9.64. The predicted octanol–water partition coefficient (Wildman–Crippen LogP) is 6.58. The van der Waals surface area contributed by atoms with Crippen LogP contribution in [-0.4, -0.2) is 28.5 Å². The van der Waals surface area contributed by atoms with Crippen LogP contribution in [0.5, 0.6) is 0 Å². The summed E-state index contributed by atoms with van der Waals surface area (Å²) in [5.74, 6) is -0.709. The molecule has 1 aliphatic carbocycles. The first-order valence-corrected chi connectivity index (χ1v) is 11.9. The minimum Gasteiger partial charge on any atom is -0.443 e. The van der Waals surface area contributed by atoms with E-state index in [1.165, 1.54) is 17.0 Å². The van der Waals surface area contributed by atoms with Gasteiger partial charge in [0.2, 0.25) is 5.91 Å². The Morgan fingerprint density at radius 1 is 1.09 bits per heavy atom. The fourth-order valence-electron chi connectivity index (χ4n) is 5.09. The zero-order valence-corrected chi connectivity index (χ0v) is 20.5. The van der Waals surface area contributed by atoms with Crippen molar-refractivity contribution in [2.45, 2.75) is 69.9 Å². The van der Waals surface area contributed by atoms with Gasteiger partial charge in [-0.15, -0.1) is 0 Å². The first-order chi connectivity index (χ1) is 15.0. The maximum absolute atomic E-state index is 14.1. The lowest BCUT2D eigenvalue weighted by molar-refractivity contribution is -0.133. The second-order valence-corrected chi connectivity index (χ2v) is 11.0. The number of benzene rings is 2. The molecule has 32 heavy (non-hydrogen) atoms. The molecule has 2 aliphatic rings.